The molecule has 0 spiro atoms. The van der Waals surface area contributed by atoms with Gasteiger partial charge in [-0.05, 0) is 30.4 Å². The molecule has 0 saturated heterocycles. The molecule has 174 valence electrons. The van der Waals surface area contributed by atoms with Gasteiger partial charge in [0.15, 0.2) is 0 Å². The first-order chi connectivity index (χ1) is 15.7. The van der Waals surface area contributed by atoms with Gasteiger partial charge in [0.25, 0.3) is 5.91 Å². The minimum atomic E-state index is -1.01. The van der Waals surface area contributed by atoms with Crippen molar-refractivity contribution in [3.63, 3.8) is 0 Å². The number of nitrogens with one attached hydrogen (secondary N) is 2. The molecule has 2 aromatic rings. The van der Waals surface area contributed by atoms with E-state index in [-0.39, 0.29) is 12.5 Å². The summed E-state index contributed by atoms with van der Waals surface area (Å²) < 4.78 is 0. The van der Waals surface area contributed by atoms with Crippen LogP contribution in [0.15, 0.2) is 60.7 Å². The van der Waals surface area contributed by atoms with Crippen LogP contribution in [0.2, 0.25) is 0 Å². The highest BCUT2D eigenvalue weighted by Gasteiger charge is 2.19. The summed E-state index contributed by atoms with van der Waals surface area (Å²) in [5.74, 6) is -0.794. The van der Waals surface area contributed by atoms with Crippen LogP contribution in [0.1, 0.15) is 62.5 Å². The molecule has 2 rings (SSSR count). The molecular weight excluding hydrogens is 404 g/mol. The van der Waals surface area contributed by atoms with E-state index in [0.29, 0.717) is 6.42 Å². The second-order valence-electron chi connectivity index (χ2n) is 8.00. The van der Waals surface area contributed by atoms with Crippen LogP contribution >= 0.6 is 0 Å². The third-order valence-corrected chi connectivity index (χ3v) is 5.30. The number of carbonyl (C=O) groups excluding carboxylic acids is 2. The number of rotatable bonds is 16. The summed E-state index contributed by atoms with van der Waals surface area (Å²) >= 11 is 0. The van der Waals surface area contributed by atoms with Gasteiger partial charge in [-0.15, -0.1) is 0 Å². The van der Waals surface area contributed by atoms with Gasteiger partial charge in [0.2, 0.25) is 5.91 Å². The molecule has 0 aliphatic carbocycles. The van der Waals surface area contributed by atoms with Gasteiger partial charge in [-0.25, -0.2) is 5.48 Å². The number of unbranched alkanes of at least 4 members (excludes halogenated alkanes) is 6. The monoisotopic (exact) mass is 440 g/mol. The molecule has 0 radical (unpaired) electrons. The predicted octanol–water partition coefficient (Wildman–Crippen LogP) is 4.08. The van der Waals surface area contributed by atoms with Gasteiger partial charge >= 0.3 is 0 Å². The lowest BCUT2D eigenvalue weighted by Gasteiger charge is -2.16. The average Bonchev–Trinajstić information content (AvgIpc) is 2.82. The van der Waals surface area contributed by atoms with Crippen LogP contribution in [0.4, 0.5) is 0 Å². The van der Waals surface area contributed by atoms with Crippen molar-refractivity contribution in [2.24, 2.45) is 0 Å². The molecule has 3 N–H and O–H groups in total. The van der Waals surface area contributed by atoms with Gasteiger partial charge in [-0.2, -0.15) is 0 Å². The fraction of sp³-hybridized carbons (Fsp3) is 0.462. The third kappa shape index (κ3) is 11.1. The van der Waals surface area contributed by atoms with E-state index in [2.05, 4.69) is 35.1 Å². The highest BCUT2D eigenvalue weighted by Crippen LogP contribution is 2.11. The summed E-state index contributed by atoms with van der Waals surface area (Å²) in [4.78, 5) is 29.3. The number of hydroxylamine groups is 1. The van der Waals surface area contributed by atoms with Crippen LogP contribution < -0.4 is 10.8 Å². The van der Waals surface area contributed by atoms with Crippen LogP contribution in [0.25, 0.3) is 0 Å². The molecule has 0 unspecified atom stereocenters. The average molecular weight is 441 g/mol. The van der Waals surface area contributed by atoms with E-state index >= 15 is 0 Å². The molecular formula is C26H36N2O4. The Morgan fingerprint density at radius 2 is 1.34 bits per heavy atom. The molecule has 32 heavy (non-hydrogen) atoms. The number of amides is 2. The van der Waals surface area contributed by atoms with Crippen molar-refractivity contribution in [1.29, 1.82) is 0 Å². The first-order valence-corrected chi connectivity index (χ1v) is 11.6. The summed E-state index contributed by atoms with van der Waals surface area (Å²) in [6, 6.07) is 19.0. The Hall–Kier alpha value is -2.70. The molecule has 0 saturated carbocycles. The summed E-state index contributed by atoms with van der Waals surface area (Å²) in [6.45, 7) is -0.264. The fourth-order valence-corrected chi connectivity index (χ4v) is 3.44. The van der Waals surface area contributed by atoms with Gasteiger partial charge in [0.05, 0.1) is 13.2 Å². The number of aryl methyl sites for hydroxylation is 1. The molecule has 0 aromatic heterocycles. The molecule has 0 aliphatic rings. The quantitative estimate of drug-likeness (QED) is 0.271. The van der Waals surface area contributed by atoms with Crippen molar-refractivity contribution in [2.45, 2.75) is 70.4 Å². The highest BCUT2D eigenvalue weighted by atomic mass is 16.6. The topological polar surface area (TPSA) is 87.7 Å². The molecule has 0 fully saturated rings. The SMILES string of the molecule is O=C(CCCCCCCCCc1ccccc1)N[C@H](CO)C(=O)NOCc1ccccc1. The summed E-state index contributed by atoms with van der Waals surface area (Å²) in [5.41, 5.74) is 4.59. The van der Waals surface area contributed by atoms with Crippen molar-refractivity contribution in [3.8, 4) is 0 Å². The maximum Gasteiger partial charge on any atom is 0.268 e. The van der Waals surface area contributed by atoms with Gasteiger partial charge in [-0.1, -0.05) is 92.8 Å². The molecule has 0 heterocycles. The van der Waals surface area contributed by atoms with E-state index in [1.165, 1.54) is 31.2 Å². The zero-order valence-corrected chi connectivity index (χ0v) is 18.8. The number of hydrogen-bond donors (Lipinski definition) is 3. The minimum Gasteiger partial charge on any atom is -0.394 e. The van der Waals surface area contributed by atoms with Gasteiger partial charge in [0, 0.05) is 6.42 Å². The Kier molecular flexibility index (Phi) is 12.8. The molecule has 1 atom stereocenters. The van der Waals surface area contributed by atoms with Gasteiger partial charge in [0.1, 0.15) is 6.04 Å². The van der Waals surface area contributed by atoms with E-state index in [0.717, 1.165) is 31.2 Å². The Morgan fingerprint density at radius 1 is 0.781 bits per heavy atom. The maximum atomic E-state index is 12.1. The standard InChI is InChI=1S/C26H36N2O4/c29-20-24(26(31)28-32-21-23-17-11-7-12-18-23)27-25(30)19-13-5-3-1-2-4-8-14-22-15-9-6-10-16-22/h6-7,9-12,15-18,24,29H,1-5,8,13-14,19-21H2,(H,27,30)(H,28,31)/t24-/m1/s1. The van der Waals surface area contributed by atoms with Crippen molar-refractivity contribution < 1.29 is 19.5 Å². The first-order valence-electron chi connectivity index (χ1n) is 11.6. The molecule has 2 aromatic carbocycles. The Bertz CT molecular complexity index is 768. The number of aliphatic hydroxyl groups excluding tert-OH is 1. The number of carbonyl (C=O) groups is 2. The van der Waals surface area contributed by atoms with Crippen LogP contribution in [-0.4, -0.2) is 29.6 Å². The largest absolute Gasteiger partial charge is 0.394 e. The van der Waals surface area contributed by atoms with Crippen molar-refractivity contribution in [1.82, 2.24) is 10.8 Å². The summed E-state index contributed by atoms with van der Waals surface area (Å²) in [5, 5.41) is 12.0. The third-order valence-electron chi connectivity index (χ3n) is 5.30. The van der Waals surface area contributed by atoms with Crippen molar-refractivity contribution in [3.05, 3.63) is 71.8 Å². The predicted molar refractivity (Wildman–Crippen MR) is 125 cm³/mol. The fourth-order valence-electron chi connectivity index (χ4n) is 3.44. The Balaban J connectivity index is 1.47. The van der Waals surface area contributed by atoms with E-state index < -0.39 is 18.6 Å². The summed E-state index contributed by atoms with van der Waals surface area (Å²) in [6.07, 6.45) is 9.20. The number of aliphatic hydroxyl groups is 1. The minimum absolute atomic E-state index is 0.213. The van der Waals surface area contributed by atoms with Gasteiger partial charge in [-0.3, -0.25) is 14.4 Å². The van der Waals surface area contributed by atoms with Crippen molar-refractivity contribution >= 4 is 11.8 Å². The van der Waals surface area contributed by atoms with Crippen LogP contribution in [0.5, 0.6) is 0 Å². The number of benzene rings is 2. The Labute approximate surface area is 191 Å². The normalized spacial score (nSPS) is 11.7. The van der Waals surface area contributed by atoms with E-state index in [1.807, 2.05) is 36.4 Å². The van der Waals surface area contributed by atoms with E-state index in [9.17, 15) is 14.7 Å². The zero-order chi connectivity index (χ0) is 22.9. The van der Waals surface area contributed by atoms with E-state index in [1.54, 1.807) is 0 Å². The first kappa shape index (κ1) is 25.6. The second kappa shape index (κ2) is 16.0. The second-order valence-corrected chi connectivity index (χ2v) is 8.00. The number of hydrogen-bond acceptors (Lipinski definition) is 4. The lowest BCUT2D eigenvalue weighted by atomic mass is 10.0. The molecule has 2 amide bonds. The maximum absolute atomic E-state index is 12.1. The van der Waals surface area contributed by atoms with Crippen LogP contribution in [-0.2, 0) is 27.5 Å². The zero-order valence-electron chi connectivity index (χ0n) is 18.8. The van der Waals surface area contributed by atoms with Crippen LogP contribution in [0, 0.1) is 0 Å². The highest BCUT2D eigenvalue weighted by molar-refractivity contribution is 5.87. The van der Waals surface area contributed by atoms with E-state index in [4.69, 9.17) is 4.84 Å². The molecule has 0 bridgehead atoms. The lowest BCUT2D eigenvalue weighted by Crippen LogP contribution is -2.48. The van der Waals surface area contributed by atoms with Crippen molar-refractivity contribution in [2.75, 3.05) is 6.61 Å². The lowest BCUT2D eigenvalue weighted by molar-refractivity contribution is -0.140. The molecule has 6 heteroatoms. The molecule has 0 aliphatic heterocycles. The summed E-state index contributed by atoms with van der Waals surface area (Å²) in [7, 11) is 0. The Morgan fingerprint density at radius 3 is 1.97 bits per heavy atom. The molecule has 6 nitrogen and oxygen atoms in total. The van der Waals surface area contributed by atoms with Gasteiger partial charge < -0.3 is 10.4 Å². The smallest absolute Gasteiger partial charge is 0.268 e. The van der Waals surface area contributed by atoms with Crippen LogP contribution in [0.3, 0.4) is 0 Å².